The fraction of sp³-hybridized carbons (Fsp3) is 0.579. The van der Waals surface area contributed by atoms with Gasteiger partial charge in [-0.3, -0.25) is 9.48 Å². The van der Waals surface area contributed by atoms with E-state index in [9.17, 15) is 4.79 Å². The highest BCUT2D eigenvalue weighted by Gasteiger charge is 2.33. The van der Waals surface area contributed by atoms with E-state index in [1.807, 2.05) is 28.9 Å². The van der Waals surface area contributed by atoms with Crippen LogP contribution in [0.3, 0.4) is 0 Å². The summed E-state index contributed by atoms with van der Waals surface area (Å²) in [7, 11) is 0. The quantitative estimate of drug-likeness (QED) is 0.894. The summed E-state index contributed by atoms with van der Waals surface area (Å²) in [5, 5.41) is 12.4. The molecule has 3 heterocycles. The minimum Gasteiger partial charge on any atom is -0.378 e. The molecule has 6 nitrogen and oxygen atoms in total. The van der Waals surface area contributed by atoms with Gasteiger partial charge in [0.05, 0.1) is 18.7 Å². The van der Waals surface area contributed by atoms with Crippen molar-refractivity contribution in [3.63, 3.8) is 0 Å². The molecule has 2 aliphatic rings. The van der Waals surface area contributed by atoms with Crippen LogP contribution in [0.5, 0.6) is 0 Å². The maximum absolute atomic E-state index is 12.9. The van der Waals surface area contributed by atoms with Crippen LogP contribution >= 0.6 is 0 Å². The Balaban J connectivity index is 1.58. The zero-order valence-electron chi connectivity index (χ0n) is 14.9. The van der Waals surface area contributed by atoms with Crippen LogP contribution in [0.25, 0.3) is 10.9 Å². The SMILES string of the molecule is CC[C@H](C)n1nc(C(=O)NC2CC3COCC(C2)N3)c2ccccc21. The van der Waals surface area contributed by atoms with Crippen LogP contribution < -0.4 is 10.6 Å². The van der Waals surface area contributed by atoms with Crippen molar-refractivity contribution in [2.75, 3.05) is 13.2 Å². The van der Waals surface area contributed by atoms with E-state index in [1.165, 1.54) is 0 Å². The van der Waals surface area contributed by atoms with Gasteiger partial charge in [0.2, 0.25) is 0 Å². The number of aromatic nitrogens is 2. The molecule has 2 aliphatic heterocycles. The van der Waals surface area contributed by atoms with Crippen molar-refractivity contribution >= 4 is 16.8 Å². The van der Waals surface area contributed by atoms with Crippen LogP contribution in [0.1, 0.15) is 49.6 Å². The second kappa shape index (κ2) is 6.77. The topological polar surface area (TPSA) is 68.2 Å². The molecule has 2 saturated heterocycles. The van der Waals surface area contributed by atoms with E-state index >= 15 is 0 Å². The van der Waals surface area contributed by atoms with Gasteiger partial charge in [-0.15, -0.1) is 0 Å². The maximum Gasteiger partial charge on any atom is 0.272 e. The highest BCUT2D eigenvalue weighted by atomic mass is 16.5. The standard InChI is InChI=1S/C19H26N4O2/c1-3-12(2)23-17-7-5-4-6-16(17)18(22-23)19(24)21-13-8-14-10-25-11-15(9-13)20-14/h4-7,12-15,20H,3,8-11H2,1-2H3,(H,21,24)/t12-,13?,14?,15?/m0/s1. The van der Waals surface area contributed by atoms with Gasteiger partial charge >= 0.3 is 0 Å². The number of amides is 1. The van der Waals surface area contributed by atoms with Crippen molar-refractivity contribution in [2.45, 2.75) is 57.3 Å². The molecule has 0 aliphatic carbocycles. The second-order valence-electron chi connectivity index (χ2n) is 7.31. The first-order chi connectivity index (χ1) is 12.2. The van der Waals surface area contributed by atoms with E-state index < -0.39 is 0 Å². The van der Waals surface area contributed by atoms with Crippen molar-refractivity contribution in [1.82, 2.24) is 20.4 Å². The Kier molecular flexibility index (Phi) is 4.48. The normalized spacial score (nSPS) is 27.2. The number of nitrogens with one attached hydrogen (secondary N) is 2. The number of nitrogens with zero attached hydrogens (tertiary/aromatic N) is 2. The number of hydrogen-bond acceptors (Lipinski definition) is 4. The Morgan fingerprint density at radius 3 is 2.80 bits per heavy atom. The first-order valence-electron chi connectivity index (χ1n) is 9.27. The lowest BCUT2D eigenvalue weighted by molar-refractivity contribution is 0.0148. The van der Waals surface area contributed by atoms with Crippen LogP contribution in [0.4, 0.5) is 0 Å². The van der Waals surface area contributed by atoms with Gasteiger partial charge in [-0.2, -0.15) is 5.10 Å². The average molecular weight is 342 g/mol. The molecule has 134 valence electrons. The molecule has 2 aromatic rings. The molecule has 0 saturated carbocycles. The van der Waals surface area contributed by atoms with E-state index in [0.717, 1.165) is 43.4 Å². The molecular weight excluding hydrogens is 316 g/mol. The molecular formula is C19H26N4O2. The molecule has 0 radical (unpaired) electrons. The third-order valence-electron chi connectivity index (χ3n) is 5.42. The summed E-state index contributed by atoms with van der Waals surface area (Å²) in [6, 6.07) is 9.12. The van der Waals surface area contributed by atoms with Crippen molar-refractivity contribution in [3.05, 3.63) is 30.0 Å². The number of carbonyl (C=O) groups excluding carboxylic acids is 1. The summed E-state index contributed by atoms with van der Waals surface area (Å²) in [6.07, 6.45) is 2.79. The van der Waals surface area contributed by atoms with Crippen LogP contribution in [0.2, 0.25) is 0 Å². The largest absolute Gasteiger partial charge is 0.378 e. The summed E-state index contributed by atoms with van der Waals surface area (Å²) in [5.41, 5.74) is 1.56. The lowest BCUT2D eigenvalue weighted by Crippen LogP contribution is -2.58. The second-order valence-corrected chi connectivity index (χ2v) is 7.31. The van der Waals surface area contributed by atoms with E-state index in [0.29, 0.717) is 17.8 Å². The fourth-order valence-electron chi connectivity index (χ4n) is 3.97. The number of carbonyl (C=O) groups is 1. The number of hydrogen-bond donors (Lipinski definition) is 2. The van der Waals surface area contributed by atoms with Crippen LogP contribution in [0, 0.1) is 0 Å². The van der Waals surface area contributed by atoms with Gasteiger partial charge in [0.1, 0.15) is 0 Å². The lowest BCUT2D eigenvalue weighted by atomic mass is 9.92. The number of fused-ring (bicyclic) bond motifs is 3. The molecule has 0 spiro atoms. The molecule has 1 amide bonds. The average Bonchev–Trinajstić information content (AvgIpc) is 3.00. The molecule has 2 fully saturated rings. The fourth-order valence-corrected chi connectivity index (χ4v) is 3.97. The monoisotopic (exact) mass is 342 g/mol. The third kappa shape index (κ3) is 3.16. The zero-order valence-corrected chi connectivity index (χ0v) is 14.9. The first kappa shape index (κ1) is 16.5. The molecule has 1 aromatic heterocycles. The van der Waals surface area contributed by atoms with Gasteiger partial charge in [0.25, 0.3) is 5.91 Å². The van der Waals surface area contributed by atoms with E-state index in [-0.39, 0.29) is 18.0 Å². The summed E-state index contributed by atoms with van der Waals surface area (Å²) in [4.78, 5) is 12.9. The molecule has 25 heavy (non-hydrogen) atoms. The molecule has 4 rings (SSSR count). The Bertz CT molecular complexity index is 760. The summed E-state index contributed by atoms with van der Waals surface area (Å²) in [5.74, 6) is -0.0656. The molecule has 3 atom stereocenters. The van der Waals surface area contributed by atoms with Crippen molar-refractivity contribution in [2.24, 2.45) is 0 Å². The molecule has 1 aromatic carbocycles. The highest BCUT2D eigenvalue weighted by Crippen LogP contribution is 2.24. The smallest absolute Gasteiger partial charge is 0.272 e. The summed E-state index contributed by atoms with van der Waals surface area (Å²) >= 11 is 0. The lowest BCUT2D eigenvalue weighted by Gasteiger charge is -2.40. The number of morpholine rings is 1. The number of para-hydroxylation sites is 1. The predicted molar refractivity (Wildman–Crippen MR) is 96.8 cm³/mol. The Labute approximate surface area is 147 Å². The van der Waals surface area contributed by atoms with Crippen molar-refractivity contribution < 1.29 is 9.53 Å². The van der Waals surface area contributed by atoms with Gasteiger partial charge in [0, 0.05) is 29.6 Å². The first-order valence-corrected chi connectivity index (χ1v) is 9.27. The molecule has 6 heteroatoms. The van der Waals surface area contributed by atoms with Crippen LogP contribution in [0.15, 0.2) is 24.3 Å². The summed E-state index contributed by atoms with van der Waals surface area (Å²) < 4.78 is 7.56. The maximum atomic E-state index is 12.9. The van der Waals surface area contributed by atoms with E-state index in [1.54, 1.807) is 0 Å². The predicted octanol–water partition coefficient (Wildman–Crippen LogP) is 2.26. The number of ether oxygens (including phenoxy) is 1. The van der Waals surface area contributed by atoms with E-state index in [4.69, 9.17) is 4.74 Å². The number of piperidine rings is 1. The zero-order chi connectivity index (χ0) is 17.4. The van der Waals surface area contributed by atoms with Crippen LogP contribution in [-0.4, -0.2) is 47.0 Å². The van der Waals surface area contributed by atoms with Gasteiger partial charge in [-0.1, -0.05) is 25.1 Å². The van der Waals surface area contributed by atoms with Gasteiger partial charge in [0.15, 0.2) is 5.69 Å². The van der Waals surface area contributed by atoms with Crippen molar-refractivity contribution in [1.29, 1.82) is 0 Å². The van der Waals surface area contributed by atoms with Crippen LogP contribution in [-0.2, 0) is 4.74 Å². The molecule has 2 N–H and O–H groups in total. The highest BCUT2D eigenvalue weighted by molar-refractivity contribution is 6.05. The van der Waals surface area contributed by atoms with Crippen molar-refractivity contribution in [3.8, 4) is 0 Å². The number of benzene rings is 1. The Morgan fingerprint density at radius 1 is 1.36 bits per heavy atom. The third-order valence-corrected chi connectivity index (χ3v) is 5.42. The van der Waals surface area contributed by atoms with E-state index in [2.05, 4.69) is 29.6 Å². The Hall–Kier alpha value is -1.92. The van der Waals surface area contributed by atoms with Gasteiger partial charge in [-0.25, -0.2) is 0 Å². The Morgan fingerprint density at radius 2 is 2.08 bits per heavy atom. The minimum absolute atomic E-state index is 0.0656. The minimum atomic E-state index is -0.0656. The van der Waals surface area contributed by atoms with Gasteiger partial charge in [-0.05, 0) is 32.3 Å². The molecule has 2 bridgehead atoms. The van der Waals surface area contributed by atoms with Gasteiger partial charge < -0.3 is 15.4 Å². The summed E-state index contributed by atoms with van der Waals surface area (Å²) in [6.45, 7) is 5.73. The number of rotatable bonds is 4. The molecule has 2 unspecified atom stereocenters.